The molecule has 0 aliphatic carbocycles. The number of benzene rings is 2. The number of hydrogen-bond donors (Lipinski definition) is 1. The summed E-state index contributed by atoms with van der Waals surface area (Å²) in [5.41, 5.74) is -0.242. The van der Waals surface area contributed by atoms with Crippen molar-refractivity contribution in [1.82, 2.24) is 15.0 Å². The molecule has 10 heteroatoms. The molecule has 1 aliphatic heterocycles. The maximum Gasteiger partial charge on any atom is 0.167 e. The van der Waals surface area contributed by atoms with Gasteiger partial charge in [0.2, 0.25) is 0 Å². The topological polar surface area (TPSA) is 69.0 Å². The average molecular weight is 435 g/mol. The molecule has 0 amide bonds. The normalized spacial score (nSPS) is 16.5. The van der Waals surface area contributed by atoms with E-state index in [1.807, 2.05) is 0 Å². The van der Waals surface area contributed by atoms with Crippen LogP contribution in [0, 0.1) is 11.6 Å². The fraction of sp³-hybridized carbons (Fsp3) is 0.286. The molecule has 7 nitrogen and oxygen atoms in total. The van der Waals surface area contributed by atoms with E-state index < -0.39 is 17.1 Å². The number of halogens is 3. The van der Waals surface area contributed by atoms with E-state index >= 15 is 0 Å². The molecule has 1 N–H and O–H groups in total. The maximum absolute atomic E-state index is 14.7. The van der Waals surface area contributed by atoms with Gasteiger partial charge in [0, 0.05) is 12.2 Å². The molecular formula is C21H20F3N3O4. The van der Waals surface area contributed by atoms with Crippen molar-refractivity contribution in [1.29, 1.82) is 0 Å². The van der Waals surface area contributed by atoms with Gasteiger partial charge < -0.3 is 18.9 Å². The minimum atomic E-state index is -0.936. The van der Waals surface area contributed by atoms with Crippen LogP contribution < -0.4 is 9.57 Å². The first-order valence-corrected chi connectivity index (χ1v) is 9.68. The standard InChI is InChI=1S/C21H20F3N3O4/c22-18-9-14(20-11-25-13-26(20)21-3-1-2-8-29-21)10-19(23)17(18)12-30-15-4-6-16(7-5-15)31-27(24)28/h4-7,9-11,13,21,28H,1-3,8,12H2. The number of ether oxygens (including phenoxy) is 2. The van der Waals surface area contributed by atoms with Crippen molar-refractivity contribution in [2.24, 2.45) is 0 Å². The van der Waals surface area contributed by atoms with Gasteiger partial charge in [-0.1, -0.05) is 4.48 Å². The van der Waals surface area contributed by atoms with E-state index in [1.54, 1.807) is 17.1 Å². The van der Waals surface area contributed by atoms with Crippen LogP contribution in [-0.2, 0) is 11.3 Å². The SMILES string of the molecule is ON(F)Oc1ccc(OCc2c(F)cc(-c3cncn3C3CCCCO3)cc2F)cc1. The third kappa shape index (κ3) is 4.98. The monoisotopic (exact) mass is 435 g/mol. The van der Waals surface area contributed by atoms with Crippen LogP contribution in [0.2, 0.25) is 0 Å². The summed E-state index contributed by atoms with van der Waals surface area (Å²) in [5.74, 6) is -1.20. The summed E-state index contributed by atoms with van der Waals surface area (Å²) in [4.78, 5) is 8.42. The zero-order valence-corrected chi connectivity index (χ0v) is 16.4. The van der Waals surface area contributed by atoms with Crippen molar-refractivity contribution in [2.45, 2.75) is 32.1 Å². The Morgan fingerprint density at radius 3 is 2.48 bits per heavy atom. The molecular weight excluding hydrogens is 415 g/mol. The van der Waals surface area contributed by atoms with Crippen molar-refractivity contribution in [2.75, 3.05) is 6.61 Å². The molecule has 164 valence electrons. The van der Waals surface area contributed by atoms with Crippen molar-refractivity contribution in [3.63, 3.8) is 0 Å². The van der Waals surface area contributed by atoms with Crippen molar-refractivity contribution in [3.8, 4) is 22.8 Å². The highest BCUT2D eigenvalue weighted by Crippen LogP contribution is 2.31. The lowest BCUT2D eigenvalue weighted by Crippen LogP contribution is -2.18. The summed E-state index contributed by atoms with van der Waals surface area (Å²) in [6.45, 7) is 0.290. The maximum atomic E-state index is 14.7. The van der Waals surface area contributed by atoms with Gasteiger partial charge in [0.25, 0.3) is 0 Å². The van der Waals surface area contributed by atoms with Crippen molar-refractivity contribution >= 4 is 0 Å². The first kappa shape index (κ1) is 21.2. The van der Waals surface area contributed by atoms with Crippen LogP contribution in [0.1, 0.15) is 31.1 Å². The van der Waals surface area contributed by atoms with E-state index in [1.165, 1.54) is 36.4 Å². The Labute approximate surface area is 176 Å². The molecule has 1 atom stereocenters. The first-order valence-electron chi connectivity index (χ1n) is 9.68. The summed E-state index contributed by atoms with van der Waals surface area (Å²) < 4.78 is 54.6. The predicted molar refractivity (Wildman–Crippen MR) is 103 cm³/mol. The third-order valence-corrected chi connectivity index (χ3v) is 4.96. The van der Waals surface area contributed by atoms with Crippen LogP contribution in [0.5, 0.6) is 11.5 Å². The highest BCUT2D eigenvalue weighted by Gasteiger charge is 2.21. The van der Waals surface area contributed by atoms with Gasteiger partial charge in [0.1, 0.15) is 30.2 Å². The Morgan fingerprint density at radius 1 is 1.13 bits per heavy atom. The fourth-order valence-corrected chi connectivity index (χ4v) is 3.43. The highest BCUT2D eigenvalue weighted by molar-refractivity contribution is 5.60. The van der Waals surface area contributed by atoms with Gasteiger partial charge in [-0.2, -0.15) is 0 Å². The van der Waals surface area contributed by atoms with Crippen LogP contribution in [0.15, 0.2) is 48.9 Å². The van der Waals surface area contributed by atoms with Gasteiger partial charge in [-0.15, -0.1) is 0 Å². The molecule has 1 saturated heterocycles. The Morgan fingerprint density at radius 2 is 1.84 bits per heavy atom. The second kappa shape index (κ2) is 9.38. The molecule has 0 spiro atoms. The number of nitrogens with zero attached hydrogens (tertiary/aromatic N) is 3. The van der Waals surface area contributed by atoms with E-state index in [0.29, 0.717) is 17.9 Å². The minimum Gasteiger partial charge on any atom is -0.489 e. The molecule has 0 bridgehead atoms. The lowest BCUT2D eigenvalue weighted by molar-refractivity contribution is -0.397. The lowest BCUT2D eigenvalue weighted by Gasteiger charge is -2.25. The quantitative estimate of drug-likeness (QED) is 0.417. The number of imidazole rings is 1. The molecule has 4 rings (SSSR count). The zero-order chi connectivity index (χ0) is 21.8. The van der Waals surface area contributed by atoms with Crippen molar-refractivity contribution < 1.29 is 32.8 Å². The smallest absolute Gasteiger partial charge is 0.167 e. The van der Waals surface area contributed by atoms with Gasteiger partial charge in [-0.3, -0.25) is 5.21 Å². The Bertz CT molecular complexity index is 998. The summed E-state index contributed by atoms with van der Waals surface area (Å²) in [5, 5.41) is 8.39. The minimum absolute atomic E-state index is 0.0117. The molecule has 31 heavy (non-hydrogen) atoms. The van der Waals surface area contributed by atoms with E-state index in [-0.39, 0.29) is 29.9 Å². The molecule has 3 aromatic rings. The second-order valence-corrected chi connectivity index (χ2v) is 7.00. The van der Waals surface area contributed by atoms with E-state index in [9.17, 15) is 13.3 Å². The molecule has 1 fully saturated rings. The summed E-state index contributed by atoms with van der Waals surface area (Å²) in [6.07, 6.45) is 5.76. The second-order valence-electron chi connectivity index (χ2n) is 7.00. The van der Waals surface area contributed by atoms with Gasteiger partial charge in [-0.05, 0) is 55.7 Å². The number of aromatic nitrogens is 2. The van der Waals surface area contributed by atoms with Crippen molar-refractivity contribution in [3.05, 3.63) is 66.1 Å². The largest absolute Gasteiger partial charge is 0.489 e. The number of rotatable bonds is 7. The third-order valence-electron chi connectivity index (χ3n) is 4.96. The fourth-order valence-electron chi connectivity index (χ4n) is 3.43. The number of hydrogen-bond acceptors (Lipinski definition) is 6. The zero-order valence-electron chi connectivity index (χ0n) is 16.4. The van der Waals surface area contributed by atoms with Gasteiger partial charge in [0.15, 0.2) is 11.2 Å². The first-order chi connectivity index (χ1) is 15.0. The highest BCUT2D eigenvalue weighted by atomic mass is 19.2. The summed E-state index contributed by atoms with van der Waals surface area (Å²) >= 11 is 0. The molecule has 1 aromatic heterocycles. The summed E-state index contributed by atoms with van der Waals surface area (Å²) in [7, 11) is 0. The van der Waals surface area contributed by atoms with Crippen LogP contribution in [0.3, 0.4) is 0 Å². The molecule has 2 heterocycles. The van der Waals surface area contributed by atoms with Crippen LogP contribution >= 0.6 is 0 Å². The predicted octanol–water partition coefficient (Wildman–Crippen LogP) is 4.98. The van der Waals surface area contributed by atoms with E-state index in [2.05, 4.69) is 9.82 Å². The summed E-state index contributed by atoms with van der Waals surface area (Å²) in [6, 6.07) is 7.95. The van der Waals surface area contributed by atoms with Crippen LogP contribution in [0.25, 0.3) is 11.3 Å². The molecule has 1 aliphatic rings. The van der Waals surface area contributed by atoms with Gasteiger partial charge in [0.05, 0.1) is 23.8 Å². The molecule has 0 radical (unpaired) electrons. The van der Waals surface area contributed by atoms with E-state index in [0.717, 1.165) is 19.3 Å². The Kier molecular flexibility index (Phi) is 6.40. The molecule has 2 aromatic carbocycles. The molecule has 0 saturated carbocycles. The molecule has 1 unspecified atom stereocenters. The Hall–Kier alpha value is -3.08. The average Bonchev–Trinajstić information content (AvgIpc) is 3.24. The van der Waals surface area contributed by atoms with E-state index in [4.69, 9.17) is 14.7 Å². The van der Waals surface area contributed by atoms with Gasteiger partial charge >= 0.3 is 0 Å². The Balaban J connectivity index is 1.49. The van der Waals surface area contributed by atoms with Crippen LogP contribution in [0.4, 0.5) is 13.3 Å². The lowest BCUT2D eigenvalue weighted by atomic mass is 10.1. The van der Waals surface area contributed by atoms with Gasteiger partial charge in [-0.25, -0.2) is 13.8 Å². The van der Waals surface area contributed by atoms with Crippen LogP contribution in [-0.4, -0.2) is 26.8 Å².